The van der Waals surface area contributed by atoms with Crippen LogP contribution in [0.5, 0.6) is 0 Å². The van der Waals surface area contributed by atoms with Gasteiger partial charge in [-0.25, -0.2) is 10.5 Å². The molecule has 29 heteroatoms. The van der Waals surface area contributed by atoms with Crippen LogP contribution in [-0.2, 0) is 36.2 Å². The Bertz CT molecular complexity index is 359. The van der Waals surface area contributed by atoms with Crippen molar-refractivity contribution in [1.29, 1.82) is 0 Å². The van der Waals surface area contributed by atoms with E-state index in [1.807, 2.05) is 0 Å². The van der Waals surface area contributed by atoms with Gasteiger partial charge in [-0.15, -0.1) is 0 Å². The SMILES string of the molecule is O.O.O.O.O.O.O.O.O.O=S(=O)([O-])[O-].O=S(=O)([O-])[O-].O=S(=O)([O-])[O-].OOO.[Al+3].[Al+3]. The molecule has 0 aromatic heterocycles. The second-order valence-corrected chi connectivity index (χ2v) is 3.76. The molecule has 0 bridgehead atoms. The number of hydrogen-bond donors (Lipinski definition) is 2. The van der Waals surface area contributed by atoms with Gasteiger partial charge >= 0.3 is 34.7 Å². The topological polar surface area (TPSA) is 574 Å². The van der Waals surface area contributed by atoms with Crippen LogP contribution in [0, 0.1) is 0 Å². The first kappa shape index (κ1) is 115. The molecule has 24 nitrogen and oxygen atoms in total. The molecule has 0 radical (unpaired) electrons. The summed E-state index contributed by atoms with van der Waals surface area (Å²) in [5, 5.41) is 15.5. The fourth-order valence-corrected chi connectivity index (χ4v) is 0. The smallest absolute Gasteiger partial charge is 0.759 e. The van der Waals surface area contributed by atoms with E-state index in [2.05, 4.69) is 5.04 Å². The van der Waals surface area contributed by atoms with Crippen LogP contribution in [0.25, 0.3) is 0 Å². The summed E-state index contributed by atoms with van der Waals surface area (Å²) in [4.78, 5) is 0. The normalized spacial score (nSPS) is 6.62. The van der Waals surface area contributed by atoms with E-state index in [4.69, 9.17) is 63.1 Å². The Balaban J connectivity index is -0.00000000621. The molecule has 0 aliphatic carbocycles. The van der Waals surface area contributed by atoms with Crippen LogP contribution in [0.2, 0.25) is 0 Å². The largest absolute Gasteiger partial charge is 3.00 e. The van der Waals surface area contributed by atoms with Crippen LogP contribution in [0.15, 0.2) is 0 Å². The molecule has 0 fully saturated rings. The molecule has 29 heavy (non-hydrogen) atoms. The second-order valence-electron chi connectivity index (χ2n) is 1.31. The Labute approximate surface area is 183 Å². The maximum atomic E-state index is 8.52. The van der Waals surface area contributed by atoms with Gasteiger partial charge in [0.05, 0.1) is 0 Å². The van der Waals surface area contributed by atoms with Gasteiger partial charge in [0.15, 0.2) is 0 Å². The molecule has 188 valence electrons. The Morgan fingerprint density at radius 1 is 0.414 bits per heavy atom. The molecule has 0 unspecified atom stereocenters. The zero-order chi connectivity index (χ0) is 16.2. The van der Waals surface area contributed by atoms with Gasteiger partial charge in [0.2, 0.25) is 0 Å². The van der Waals surface area contributed by atoms with Crippen molar-refractivity contribution in [2.24, 2.45) is 0 Å². The summed E-state index contributed by atoms with van der Waals surface area (Å²) in [7, 11) is -15.5. The first-order valence-electron chi connectivity index (χ1n) is 2.37. The minimum Gasteiger partial charge on any atom is -0.759 e. The summed E-state index contributed by atoms with van der Waals surface area (Å²) in [5.74, 6) is 0. The van der Waals surface area contributed by atoms with E-state index in [0.29, 0.717) is 0 Å². The molecule has 0 rings (SSSR count). The van der Waals surface area contributed by atoms with E-state index in [-0.39, 0.29) is 84.0 Å². The van der Waals surface area contributed by atoms with Crippen molar-refractivity contribution in [2.75, 3.05) is 0 Å². The molecule has 20 N–H and O–H groups in total. The molecular formula is H20Al2O24S3. The maximum absolute atomic E-state index is 8.52. The Morgan fingerprint density at radius 3 is 0.414 bits per heavy atom. The molecule has 0 aromatic rings. The molecule has 0 amide bonds. The minimum absolute atomic E-state index is 0. The molecule has 0 aromatic carbocycles. The van der Waals surface area contributed by atoms with E-state index in [9.17, 15) is 0 Å². The van der Waals surface area contributed by atoms with E-state index < -0.39 is 31.2 Å². The zero-order valence-electron chi connectivity index (χ0n) is 13.1. The van der Waals surface area contributed by atoms with Crippen molar-refractivity contribution >= 4 is 65.9 Å². The minimum atomic E-state index is -5.17. The summed E-state index contributed by atoms with van der Waals surface area (Å²) >= 11 is 0. The monoisotopic (exact) mass is 554 g/mol. The first-order chi connectivity index (χ1) is 7.41. The van der Waals surface area contributed by atoms with E-state index in [1.165, 1.54) is 0 Å². The average molecular weight is 554 g/mol. The van der Waals surface area contributed by atoms with Gasteiger partial charge in [0.1, 0.15) is 0 Å². The van der Waals surface area contributed by atoms with Crippen LogP contribution >= 0.6 is 0 Å². The summed E-state index contributed by atoms with van der Waals surface area (Å²) < 4.78 is 102. The third kappa shape index (κ3) is 509000. The Morgan fingerprint density at radius 2 is 0.414 bits per heavy atom. The van der Waals surface area contributed by atoms with Gasteiger partial charge in [0.25, 0.3) is 0 Å². The van der Waals surface area contributed by atoms with Crippen LogP contribution in [0.3, 0.4) is 0 Å². The summed E-state index contributed by atoms with van der Waals surface area (Å²) in [6.07, 6.45) is 0. The van der Waals surface area contributed by atoms with Crippen molar-refractivity contribution in [3.63, 3.8) is 0 Å². The molecule has 0 saturated carbocycles. The third-order valence-electron chi connectivity index (χ3n) is 0. The molecule has 0 aliphatic rings. The second kappa shape index (κ2) is 56.6. The molecule has 0 saturated heterocycles. The number of hydrogen-bond acceptors (Lipinski definition) is 15. The standard InChI is InChI=1S/2Al.3H2O4S.H2O3.9H2O/c;;3*1-5(2,3)4;1-3-2;;;;;;;;;/h;;3*(H2,1,2,3,4);1-2H;9*1H2/q2*+3;;;;;;;;;;;;;/p-6. The molecule has 0 aliphatic heterocycles. The first-order valence-corrected chi connectivity index (χ1v) is 6.37. The van der Waals surface area contributed by atoms with Gasteiger partial charge in [-0.3, -0.25) is 25.3 Å². The van der Waals surface area contributed by atoms with Crippen LogP contribution in [0.1, 0.15) is 0 Å². The Kier molecular flexibility index (Phi) is 225. The third-order valence-corrected chi connectivity index (χ3v) is 0. The van der Waals surface area contributed by atoms with Gasteiger partial charge in [-0.2, -0.15) is 0 Å². The van der Waals surface area contributed by atoms with Crippen LogP contribution < -0.4 is 0 Å². The Hall–Kier alpha value is 0.195. The van der Waals surface area contributed by atoms with Crippen molar-refractivity contribution < 1.29 is 117 Å². The van der Waals surface area contributed by atoms with E-state index in [1.54, 1.807) is 0 Å². The summed E-state index contributed by atoms with van der Waals surface area (Å²) in [5.41, 5.74) is 0. The van der Waals surface area contributed by atoms with E-state index >= 15 is 0 Å². The quantitative estimate of drug-likeness (QED) is 0.0922. The van der Waals surface area contributed by atoms with Crippen molar-refractivity contribution in [1.82, 2.24) is 0 Å². The fraction of sp³-hybridized carbons (Fsp3) is 0. The predicted octanol–water partition coefficient (Wildman–Crippen LogP) is -12.2. The molecule has 0 atom stereocenters. The van der Waals surface area contributed by atoms with Crippen molar-refractivity contribution in [3.8, 4) is 0 Å². The van der Waals surface area contributed by atoms with Gasteiger partial charge in [-0.05, 0) is 0 Å². The number of rotatable bonds is 0. The molecular weight excluding hydrogens is 534 g/mol. The van der Waals surface area contributed by atoms with Gasteiger partial charge < -0.3 is 76.6 Å². The predicted molar refractivity (Wildman–Crippen MR) is 81.8 cm³/mol. The zero-order valence-corrected chi connectivity index (χ0v) is 17.8. The van der Waals surface area contributed by atoms with Crippen molar-refractivity contribution in [3.05, 3.63) is 0 Å². The maximum Gasteiger partial charge on any atom is 3.00 e. The average Bonchev–Trinajstić information content (AvgIpc) is 1.71. The van der Waals surface area contributed by atoms with Gasteiger partial charge in [0, 0.05) is 31.2 Å². The summed E-state index contributed by atoms with van der Waals surface area (Å²) in [6, 6.07) is 0. The molecule has 0 heterocycles. The van der Waals surface area contributed by atoms with Crippen molar-refractivity contribution in [2.45, 2.75) is 0 Å². The summed E-state index contributed by atoms with van der Waals surface area (Å²) in [6.45, 7) is 0. The fourth-order valence-electron chi connectivity index (χ4n) is 0. The van der Waals surface area contributed by atoms with Crippen LogP contribution in [0.4, 0.5) is 0 Å². The van der Waals surface area contributed by atoms with Gasteiger partial charge in [-0.1, -0.05) is 5.04 Å². The van der Waals surface area contributed by atoms with Crippen LogP contribution in [-0.4, -0.2) is 147 Å². The molecule has 0 spiro atoms. The van der Waals surface area contributed by atoms with E-state index in [0.717, 1.165) is 0 Å².